The van der Waals surface area contributed by atoms with E-state index in [2.05, 4.69) is 35.2 Å². The maximum atomic E-state index is 11.2. The zero-order valence-corrected chi connectivity index (χ0v) is 10.7. The first-order valence-electron chi connectivity index (χ1n) is 6.68. The van der Waals surface area contributed by atoms with Gasteiger partial charge in [0.2, 0.25) is 0 Å². The molecule has 2 aromatic rings. The van der Waals surface area contributed by atoms with Crippen LogP contribution in [0.4, 0.5) is 0 Å². The third-order valence-corrected chi connectivity index (χ3v) is 3.85. The van der Waals surface area contributed by atoms with Crippen molar-refractivity contribution in [1.29, 1.82) is 0 Å². The average Bonchev–Trinajstić information content (AvgIpc) is 2.87. The normalized spacial score (nSPS) is 19.9. The molecule has 1 heterocycles. The molecule has 0 radical (unpaired) electrons. The lowest BCUT2D eigenvalue weighted by Crippen LogP contribution is -2.35. The lowest BCUT2D eigenvalue weighted by molar-refractivity contribution is -0.142. The maximum absolute atomic E-state index is 11.2. The second-order valence-corrected chi connectivity index (χ2v) is 5.15. The Bertz CT molecular complexity index is 608. The van der Waals surface area contributed by atoms with Crippen LogP contribution in [0, 0.1) is 0 Å². The van der Waals surface area contributed by atoms with Gasteiger partial charge in [0.1, 0.15) is 6.04 Å². The number of hydrogen-bond donors (Lipinski definition) is 1. The van der Waals surface area contributed by atoms with Gasteiger partial charge in [-0.15, -0.1) is 0 Å². The van der Waals surface area contributed by atoms with Crippen LogP contribution in [-0.2, 0) is 11.3 Å². The third kappa shape index (κ3) is 2.47. The molecule has 1 unspecified atom stereocenters. The first-order chi connectivity index (χ1) is 9.24. The van der Waals surface area contributed by atoms with Gasteiger partial charge >= 0.3 is 5.97 Å². The van der Waals surface area contributed by atoms with Crippen LogP contribution >= 0.6 is 0 Å². The number of carbonyl (C=O) groups is 1. The van der Waals surface area contributed by atoms with E-state index in [1.807, 2.05) is 12.1 Å². The molecule has 1 saturated heterocycles. The lowest BCUT2D eigenvalue weighted by Gasteiger charge is -2.21. The summed E-state index contributed by atoms with van der Waals surface area (Å²) >= 11 is 0. The fourth-order valence-electron chi connectivity index (χ4n) is 2.87. The van der Waals surface area contributed by atoms with Gasteiger partial charge in [0.25, 0.3) is 0 Å². The monoisotopic (exact) mass is 255 g/mol. The summed E-state index contributed by atoms with van der Waals surface area (Å²) < 4.78 is 0. The first-order valence-corrected chi connectivity index (χ1v) is 6.68. The Kier molecular flexibility index (Phi) is 3.22. The summed E-state index contributed by atoms with van der Waals surface area (Å²) in [6, 6.07) is 14.3. The first kappa shape index (κ1) is 12.2. The average molecular weight is 255 g/mol. The standard InChI is InChI=1S/C16H17NO2/c18-16(19)15-6-3-9-17(15)11-12-7-8-13-4-1-2-5-14(13)10-12/h1-2,4-5,7-8,10,15H,3,6,9,11H2,(H,18,19). The highest BCUT2D eigenvalue weighted by molar-refractivity contribution is 5.83. The van der Waals surface area contributed by atoms with E-state index in [0.29, 0.717) is 0 Å². The van der Waals surface area contributed by atoms with Gasteiger partial charge in [-0.25, -0.2) is 0 Å². The molecule has 98 valence electrons. The predicted molar refractivity (Wildman–Crippen MR) is 75.0 cm³/mol. The van der Waals surface area contributed by atoms with E-state index in [1.165, 1.54) is 16.3 Å². The van der Waals surface area contributed by atoms with Crippen LogP contribution in [0.2, 0.25) is 0 Å². The quantitative estimate of drug-likeness (QED) is 0.916. The van der Waals surface area contributed by atoms with Gasteiger partial charge in [-0.05, 0) is 41.8 Å². The van der Waals surface area contributed by atoms with Crippen molar-refractivity contribution >= 4 is 16.7 Å². The lowest BCUT2D eigenvalue weighted by atomic mass is 10.1. The number of nitrogens with zero attached hydrogens (tertiary/aromatic N) is 1. The third-order valence-electron chi connectivity index (χ3n) is 3.85. The molecule has 1 aliphatic rings. The van der Waals surface area contributed by atoms with E-state index in [1.54, 1.807) is 0 Å². The summed E-state index contributed by atoms with van der Waals surface area (Å²) in [5.74, 6) is -0.696. The zero-order valence-electron chi connectivity index (χ0n) is 10.7. The molecular weight excluding hydrogens is 238 g/mol. The molecule has 3 nitrogen and oxygen atoms in total. The van der Waals surface area contributed by atoms with E-state index in [0.717, 1.165) is 25.9 Å². The molecule has 0 aromatic heterocycles. The summed E-state index contributed by atoms with van der Waals surface area (Å²) in [5.41, 5.74) is 1.19. The van der Waals surface area contributed by atoms with Gasteiger partial charge in [0, 0.05) is 6.54 Å². The predicted octanol–water partition coefficient (Wildman–Crippen LogP) is 2.89. The van der Waals surface area contributed by atoms with Crippen molar-refractivity contribution in [3.63, 3.8) is 0 Å². The zero-order chi connectivity index (χ0) is 13.2. The molecule has 0 bridgehead atoms. The van der Waals surface area contributed by atoms with Crippen LogP contribution in [0.3, 0.4) is 0 Å². The molecule has 1 aliphatic heterocycles. The Morgan fingerprint density at radius 2 is 2.00 bits per heavy atom. The number of likely N-dealkylation sites (tertiary alicyclic amines) is 1. The number of carboxylic acids is 1. The van der Waals surface area contributed by atoms with Crippen LogP contribution in [0.15, 0.2) is 42.5 Å². The topological polar surface area (TPSA) is 40.5 Å². The van der Waals surface area contributed by atoms with Crippen molar-refractivity contribution in [3.05, 3.63) is 48.0 Å². The van der Waals surface area contributed by atoms with Crippen LogP contribution in [0.25, 0.3) is 10.8 Å². The molecule has 19 heavy (non-hydrogen) atoms. The van der Waals surface area contributed by atoms with Gasteiger partial charge in [-0.3, -0.25) is 9.69 Å². The van der Waals surface area contributed by atoms with Crippen molar-refractivity contribution in [1.82, 2.24) is 4.90 Å². The second-order valence-electron chi connectivity index (χ2n) is 5.15. The second kappa shape index (κ2) is 5.02. The summed E-state index contributed by atoms with van der Waals surface area (Å²) in [6.07, 6.45) is 1.74. The SMILES string of the molecule is O=C(O)C1CCCN1Cc1ccc2ccccc2c1. The Morgan fingerprint density at radius 1 is 1.21 bits per heavy atom. The van der Waals surface area contributed by atoms with E-state index in [4.69, 9.17) is 0 Å². The molecule has 0 saturated carbocycles. The smallest absolute Gasteiger partial charge is 0.320 e. The van der Waals surface area contributed by atoms with Gasteiger partial charge in [-0.1, -0.05) is 36.4 Å². The van der Waals surface area contributed by atoms with Crippen LogP contribution in [0.5, 0.6) is 0 Å². The molecule has 0 amide bonds. The highest BCUT2D eigenvalue weighted by atomic mass is 16.4. The van der Waals surface area contributed by atoms with Crippen LogP contribution in [0.1, 0.15) is 18.4 Å². The number of benzene rings is 2. The molecule has 2 aromatic carbocycles. The minimum Gasteiger partial charge on any atom is -0.480 e. The number of hydrogen-bond acceptors (Lipinski definition) is 2. The summed E-state index contributed by atoms with van der Waals surface area (Å²) in [4.78, 5) is 13.2. The summed E-state index contributed by atoms with van der Waals surface area (Å²) in [5, 5.41) is 11.6. The molecular formula is C16H17NO2. The molecule has 1 fully saturated rings. The minimum absolute atomic E-state index is 0.313. The molecule has 1 atom stereocenters. The van der Waals surface area contributed by atoms with E-state index >= 15 is 0 Å². The highest BCUT2D eigenvalue weighted by Crippen LogP contribution is 2.22. The fraction of sp³-hybridized carbons (Fsp3) is 0.312. The molecule has 0 aliphatic carbocycles. The van der Waals surface area contributed by atoms with Gasteiger partial charge in [0.05, 0.1) is 0 Å². The number of aliphatic carboxylic acids is 1. The molecule has 3 heteroatoms. The minimum atomic E-state index is -0.696. The van der Waals surface area contributed by atoms with E-state index in [-0.39, 0.29) is 6.04 Å². The van der Waals surface area contributed by atoms with Crippen molar-refractivity contribution in [3.8, 4) is 0 Å². The Labute approximate surface area is 112 Å². The molecule has 3 rings (SSSR count). The van der Waals surface area contributed by atoms with E-state index < -0.39 is 5.97 Å². The maximum Gasteiger partial charge on any atom is 0.320 e. The fourth-order valence-corrected chi connectivity index (χ4v) is 2.87. The van der Waals surface area contributed by atoms with Crippen molar-refractivity contribution in [2.75, 3.05) is 6.54 Å². The van der Waals surface area contributed by atoms with Crippen molar-refractivity contribution in [2.45, 2.75) is 25.4 Å². The van der Waals surface area contributed by atoms with Crippen molar-refractivity contribution in [2.24, 2.45) is 0 Å². The summed E-state index contributed by atoms with van der Waals surface area (Å²) in [7, 11) is 0. The van der Waals surface area contributed by atoms with Gasteiger partial charge in [0.15, 0.2) is 0 Å². The van der Waals surface area contributed by atoms with Crippen molar-refractivity contribution < 1.29 is 9.90 Å². The largest absolute Gasteiger partial charge is 0.480 e. The Hall–Kier alpha value is -1.87. The summed E-state index contributed by atoms with van der Waals surface area (Å²) in [6.45, 7) is 1.60. The van der Waals surface area contributed by atoms with Crippen LogP contribution in [-0.4, -0.2) is 28.6 Å². The van der Waals surface area contributed by atoms with E-state index in [9.17, 15) is 9.90 Å². The number of rotatable bonds is 3. The Morgan fingerprint density at radius 3 is 2.79 bits per heavy atom. The van der Waals surface area contributed by atoms with Gasteiger partial charge in [-0.2, -0.15) is 0 Å². The highest BCUT2D eigenvalue weighted by Gasteiger charge is 2.30. The Balaban J connectivity index is 1.83. The molecule has 0 spiro atoms. The molecule has 1 N–H and O–H groups in total. The van der Waals surface area contributed by atoms with Gasteiger partial charge < -0.3 is 5.11 Å². The number of fused-ring (bicyclic) bond motifs is 1. The van der Waals surface area contributed by atoms with Crippen LogP contribution < -0.4 is 0 Å². The number of carboxylic acid groups (broad SMARTS) is 1.